The van der Waals surface area contributed by atoms with Crippen molar-refractivity contribution in [1.29, 1.82) is 0 Å². The number of hydrogen-bond donors (Lipinski definition) is 1. The average Bonchev–Trinajstić information content (AvgIpc) is 3.11. The highest BCUT2D eigenvalue weighted by atomic mass is 35.5. The zero-order valence-electron chi connectivity index (χ0n) is 15.1. The number of benzene rings is 2. The number of thioether (sulfide) groups is 1. The molecule has 148 valence electrons. The number of nitrogens with zero attached hydrogens (tertiary/aromatic N) is 1. The molecule has 0 saturated carbocycles. The molecule has 1 amide bonds. The van der Waals surface area contributed by atoms with Crippen LogP contribution in [0.15, 0.2) is 58.4 Å². The molecule has 0 aliphatic carbocycles. The highest BCUT2D eigenvalue weighted by molar-refractivity contribution is 8.14. The van der Waals surface area contributed by atoms with Crippen molar-refractivity contribution in [2.75, 3.05) is 5.75 Å². The fraction of sp³-hybridized carbons (Fsp3) is 0.263. The topological polar surface area (TPSA) is 75.6 Å². The lowest BCUT2D eigenvalue weighted by molar-refractivity contribution is -0.121. The van der Waals surface area contributed by atoms with Gasteiger partial charge in [0.2, 0.25) is 5.91 Å². The first-order chi connectivity index (χ1) is 13.1. The molecule has 0 fully saturated rings. The number of rotatable bonds is 4. The number of amides is 1. The van der Waals surface area contributed by atoms with Gasteiger partial charge in [0.25, 0.3) is 0 Å². The van der Waals surface area contributed by atoms with Crippen molar-refractivity contribution in [3.8, 4) is 0 Å². The smallest absolute Gasteiger partial charge is 0.247 e. The standard InChI is InChI=1S/C19H18ClFN2O3S2/c1-19(2,28(25,26)15-9-5-13(20)6-10-15)17(24)23-18-22-16(11-27-18)12-3-7-14(21)8-4-12/h3-10,16H,11H2,1-2H3,(H,22,23,24). The van der Waals surface area contributed by atoms with Gasteiger partial charge in [0.05, 0.1) is 10.9 Å². The third-order valence-corrected chi connectivity index (χ3v) is 8.11. The fourth-order valence-electron chi connectivity index (χ4n) is 2.58. The predicted octanol–water partition coefficient (Wildman–Crippen LogP) is 3.99. The van der Waals surface area contributed by atoms with Crippen LogP contribution in [0.3, 0.4) is 0 Å². The second-order valence-corrected chi connectivity index (χ2v) is 10.7. The Kier molecular flexibility index (Phi) is 5.84. The quantitative estimate of drug-likeness (QED) is 0.779. The predicted molar refractivity (Wildman–Crippen MR) is 110 cm³/mol. The Morgan fingerprint density at radius 2 is 1.79 bits per heavy atom. The SMILES string of the molecule is CC(C)(C(=O)NC1=NC(c2ccc(F)cc2)CS1)S(=O)(=O)c1ccc(Cl)cc1. The molecule has 0 saturated heterocycles. The van der Waals surface area contributed by atoms with Gasteiger partial charge in [-0.05, 0) is 55.8 Å². The molecule has 1 unspecified atom stereocenters. The van der Waals surface area contributed by atoms with E-state index in [1.165, 1.54) is 62.0 Å². The summed E-state index contributed by atoms with van der Waals surface area (Å²) in [5.74, 6) is -0.430. The van der Waals surface area contributed by atoms with Crippen molar-refractivity contribution in [2.24, 2.45) is 4.99 Å². The molecule has 0 bridgehead atoms. The Bertz CT molecular complexity index is 1020. The molecule has 1 N–H and O–H groups in total. The zero-order valence-corrected chi connectivity index (χ0v) is 17.5. The van der Waals surface area contributed by atoms with E-state index in [1.807, 2.05) is 0 Å². The van der Waals surface area contributed by atoms with E-state index in [2.05, 4.69) is 10.3 Å². The molecule has 3 rings (SSSR count). The summed E-state index contributed by atoms with van der Waals surface area (Å²) in [6.07, 6.45) is 0. The minimum Gasteiger partial charge on any atom is -0.304 e. The van der Waals surface area contributed by atoms with Gasteiger partial charge in [0.15, 0.2) is 15.0 Å². The van der Waals surface area contributed by atoms with Crippen molar-refractivity contribution >= 4 is 44.3 Å². The van der Waals surface area contributed by atoms with Crippen molar-refractivity contribution < 1.29 is 17.6 Å². The highest BCUT2D eigenvalue weighted by Gasteiger charge is 2.43. The summed E-state index contributed by atoms with van der Waals surface area (Å²) in [7, 11) is -3.94. The van der Waals surface area contributed by atoms with Crippen LogP contribution in [-0.4, -0.2) is 30.0 Å². The summed E-state index contributed by atoms with van der Waals surface area (Å²) in [5, 5.41) is 3.37. The lowest BCUT2D eigenvalue weighted by Gasteiger charge is -2.23. The van der Waals surface area contributed by atoms with Gasteiger partial charge in [0, 0.05) is 10.8 Å². The molecule has 1 heterocycles. The molecular formula is C19H18ClFN2O3S2. The largest absolute Gasteiger partial charge is 0.304 e. The zero-order chi connectivity index (χ0) is 20.5. The third kappa shape index (κ3) is 4.09. The Balaban J connectivity index is 1.77. The molecule has 1 aliphatic heterocycles. The first-order valence-electron chi connectivity index (χ1n) is 8.39. The molecule has 0 radical (unpaired) electrons. The number of hydrogen-bond acceptors (Lipinski definition) is 5. The third-order valence-electron chi connectivity index (χ3n) is 4.47. The van der Waals surface area contributed by atoms with E-state index in [4.69, 9.17) is 11.6 Å². The summed E-state index contributed by atoms with van der Waals surface area (Å²) in [6.45, 7) is 2.70. The van der Waals surface area contributed by atoms with Gasteiger partial charge in [-0.15, -0.1) is 0 Å². The van der Waals surface area contributed by atoms with Crippen molar-refractivity contribution in [3.05, 3.63) is 64.9 Å². The van der Waals surface area contributed by atoms with Gasteiger partial charge in [-0.3, -0.25) is 9.79 Å². The maximum absolute atomic E-state index is 13.1. The van der Waals surface area contributed by atoms with Crippen molar-refractivity contribution in [3.63, 3.8) is 0 Å². The van der Waals surface area contributed by atoms with Crippen LogP contribution in [0.4, 0.5) is 4.39 Å². The van der Waals surface area contributed by atoms with E-state index >= 15 is 0 Å². The Morgan fingerprint density at radius 1 is 1.18 bits per heavy atom. The van der Waals surface area contributed by atoms with Crippen molar-refractivity contribution in [1.82, 2.24) is 5.32 Å². The molecule has 0 spiro atoms. The van der Waals surface area contributed by atoms with E-state index in [-0.39, 0.29) is 16.8 Å². The van der Waals surface area contributed by atoms with E-state index in [9.17, 15) is 17.6 Å². The number of aliphatic imine (C=N–C) groups is 1. The molecule has 1 aliphatic rings. The Labute approximate surface area is 172 Å². The second-order valence-electron chi connectivity index (χ2n) is 6.73. The number of nitrogens with one attached hydrogen (secondary N) is 1. The van der Waals surface area contributed by atoms with Crippen LogP contribution >= 0.6 is 23.4 Å². The maximum Gasteiger partial charge on any atom is 0.247 e. The molecule has 1 atom stereocenters. The second kappa shape index (κ2) is 7.85. The van der Waals surface area contributed by atoms with Gasteiger partial charge in [0.1, 0.15) is 10.6 Å². The van der Waals surface area contributed by atoms with Gasteiger partial charge < -0.3 is 5.32 Å². The molecule has 28 heavy (non-hydrogen) atoms. The number of sulfone groups is 1. The van der Waals surface area contributed by atoms with Crippen LogP contribution in [0.25, 0.3) is 0 Å². The summed E-state index contributed by atoms with van der Waals surface area (Å²) in [5.41, 5.74) is 0.825. The summed E-state index contributed by atoms with van der Waals surface area (Å²) >= 11 is 7.13. The monoisotopic (exact) mass is 440 g/mol. The Hall–Kier alpha value is -1.90. The molecule has 9 heteroatoms. The van der Waals surface area contributed by atoms with Crippen LogP contribution in [0.5, 0.6) is 0 Å². The van der Waals surface area contributed by atoms with Gasteiger partial charge >= 0.3 is 0 Å². The minimum atomic E-state index is -3.94. The summed E-state index contributed by atoms with van der Waals surface area (Å²) in [6, 6.07) is 11.4. The van der Waals surface area contributed by atoms with Gasteiger partial charge in [-0.2, -0.15) is 0 Å². The number of halogens is 2. The number of amidine groups is 1. The minimum absolute atomic E-state index is 0.0160. The lowest BCUT2D eigenvalue weighted by Crippen LogP contribution is -2.49. The van der Waals surface area contributed by atoms with Crippen LogP contribution in [-0.2, 0) is 14.6 Å². The highest BCUT2D eigenvalue weighted by Crippen LogP contribution is 2.31. The first-order valence-corrected chi connectivity index (χ1v) is 11.2. The molecular weight excluding hydrogens is 423 g/mol. The van der Waals surface area contributed by atoms with Crippen LogP contribution < -0.4 is 5.32 Å². The average molecular weight is 441 g/mol. The molecule has 5 nitrogen and oxygen atoms in total. The lowest BCUT2D eigenvalue weighted by atomic mass is 10.1. The fourth-order valence-corrected chi connectivity index (χ4v) is 5.03. The van der Waals surface area contributed by atoms with Crippen LogP contribution in [0.2, 0.25) is 5.02 Å². The van der Waals surface area contributed by atoms with Crippen LogP contribution in [0, 0.1) is 5.82 Å². The van der Waals surface area contributed by atoms with Crippen LogP contribution in [0.1, 0.15) is 25.5 Å². The molecule has 2 aromatic carbocycles. The number of carbonyl (C=O) groups excluding carboxylic acids is 1. The first kappa shape index (κ1) is 20.8. The molecule has 0 aromatic heterocycles. The summed E-state index contributed by atoms with van der Waals surface area (Å²) < 4.78 is 37.2. The van der Waals surface area contributed by atoms with E-state index in [0.717, 1.165) is 5.56 Å². The summed E-state index contributed by atoms with van der Waals surface area (Å²) in [4.78, 5) is 17.2. The van der Waals surface area contributed by atoms with Gasteiger partial charge in [-0.25, -0.2) is 12.8 Å². The van der Waals surface area contributed by atoms with E-state index in [1.54, 1.807) is 12.1 Å². The van der Waals surface area contributed by atoms with Crippen molar-refractivity contribution in [2.45, 2.75) is 29.5 Å². The van der Waals surface area contributed by atoms with Gasteiger partial charge in [-0.1, -0.05) is 35.5 Å². The maximum atomic E-state index is 13.1. The van der Waals surface area contributed by atoms with E-state index < -0.39 is 20.5 Å². The number of carbonyl (C=O) groups is 1. The molecule has 2 aromatic rings. The van der Waals surface area contributed by atoms with E-state index in [0.29, 0.717) is 15.9 Å². The normalized spacial score (nSPS) is 17.3. The Morgan fingerprint density at radius 3 is 2.39 bits per heavy atom.